The van der Waals surface area contributed by atoms with Crippen molar-refractivity contribution < 1.29 is 4.79 Å². The number of thiazole rings is 1. The van der Waals surface area contributed by atoms with Gasteiger partial charge >= 0.3 is 0 Å². The number of para-hydroxylation sites is 1. The molecule has 4 nitrogen and oxygen atoms in total. The second kappa shape index (κ2) is 8.10. The summed E-state index contributed by atoms with van der Waals surface area (Å²) in [4.78, 5) is 22.2. The van der Waals surface area contributed by atoms with Gasteiger partial charge in [0.1, 0.15) is 5.52 Å². The summed E-state index contributed by atoms with van der Waals surface area (Å²) in [6.45, 7) is 1.32. The maximum atomic E-state index is 12.8. The fourth-order valence-corrected chi connectivity index (χ4v) is 4.16. The number of hydrogen-bond acceptors (Lipinski definition) is 5. The van der Waals surface area contributed by atoms with Gasteiger partial charge in [-0.25, -0.2) is 4.98 Å². The Labute approximate surface area is 160 Å². The van der Waals surface area contributed by atoms with E-state index in [0.29, 0.717) is 16.7 Å². The van der Waals surface area contributed by atoms with Crippen molar-refractivity contribution in [3.8, 4) is 0 Å². The number of rotatable bonds is 6. The van der Waals surface area contributed by atoms with Crippen molar-refractivity contribution in [2.75, 3.05) is 32.1 Å². The molecular weight excluding hydrogens is 374 g/mol. The first-order chi connectivity index (χ1) is 12.0. The lowest BCUT2D eigenvalue weighted by molar-refractivity contribution is -0.114. The number of amides is 1. The molecule has 2 aromatic heterocycles. The highest BCUT2D eigenvalue weighted by Crippen LogP contribution is 2.33. The Morgan fingerprint density at radius 1 is 1.24 bits per heavy atom. The normalized spacial score (nSPS) is 11.7. The second-order valence-corrected chi connectivity index (χ2v) is 8.12. The molecule has 7 heteroatoms. The molecular formula is C18H18ClN3OS2. The van der Waals surface area contributed by atoms with E-state index in [1.807, 2.05) is 60.8 Å². The Morgan fingerprint density at radius 2 is 2.08 bits per heavy atom. The first-order valence-corrected chi connectivity index (χ1v) is 9.85. The molecule has 3 rings (SSSR count). The summed E-state index contributed by atoms with van der Waals surface area (Å²) in [5.74, 6) is -0.0783. The van der Waals surface area contributed by atoms with Gasteiger partial charge in [-0.1, -0.05) is 35.1 Å². The average molecular weight is 392 g/mol. The van der Waals surface area contributed by atoms with Gasteiger partial charge in [0.05, 0.1) is 9.72 Å². The summed E-state index contributed by atoms with van der Waals surface area (Å²) < 4.78 is 0.979. The molecule has 130 valence electrons. The Bertz CT molecular complexity index is 887. The van der Waals surface area contributed by atoms with E-state index in [1.165, 1.54) is 11.3 Å². The van der Waals surface area contributed by atoms with Gasteiger partial charge in [0.2, 0.25) is 0 Å². The highest BCUT2D eigenvalue weighted by molar-refractivity contribution is 7.22. The summed E-state index contributed by atoms with van der Waals surface area (Å²) in [6.07, 6.45) is 3.45. The number of fused-ring (bicyclic) bond motifs is 1. The molecule has 0 radical (unpaired) electrons. The van der Waals surface area contributed by atoms with Crippen LogP contribution < -0.4 is 4.90 Å². The minimum Gasteiger partial charge on any atom is -0.308 e. The van der Waals surface area contributed by atoms with Gasteiger partial charge in [-0.3, -0.25) is 9.69 Å². The second-order valence-electron chi connectivity index (χ2n) is 5.72. The molecule has 0 unspecified atom stereocenters. The number of benzene rings is 1. The molecule has 0 spiro atoms. The summed E-state index contributed by atoms with van der Waals surface area (Å²) in [6, 6.07) is 9.63. The maximum Gasteiger partial charge on any atom is 0.252 e. The molecule has 0 bridgehead atoms. The molecule has 0 atom stereocenters. The Morgan fingerprint density at radius 3 is 2.76 bits per heavy atom. The van der Waals surface area contributed by atoms with E-state index < -0.39 is 0 Å². The van der Waals surface area contributed by atoms with Crippen molar-refractivity contribution in [3.05, 3.63) is 51.7 Å². The van der Waals surface area contributed by atoms with E-state index in [1.54, 1.807) is 22.3 Å². The molecule has 0 aliphatic rings. The predicted molar refractivity (Wildman–Crippen MR) is 109 cm³/mol. The largest absolute Gasteiger partial charge is 0.308 e. The number of halogens is 1. The Kier molecular flexibility index (Phi) is 5.86. The summed E-state index contributed by atoms with van der Waals surface area (Å²) in [5, 5.41) is 3.27. The van der Waals surface area contributed by atoms with Gasteiger partial charge in [-0.2, -0.15) is 0 Å². The predicted octanol–water partition coefficient (Wildman–Crippen LogP) is 4.62. The third-order valence-electron chi connectivity index (χ3n) is 3.56. The van der Waals surface area contributed by atoms with Gasteiger partial charge in [-0.05, 0) is 43.8 Å². The zero-order valence-electron chi connectivity index (χ0n) is 14.0. The van der Waals surface area contributed by atoms with Crippen molar-refractivity contribution in [1.82, 2.24) is 9.88 Å². The quantitative estimate of drug-likeness (QED) is 0.575. The molecule has 1 aromatic carbocycles. The van der Waals surface area contributed by atoms with Crippen molar-refractivity contribution in [1.29, 1.82) is 0 Å². The van der Waals surface area contributed by atoms with Crippen LogP contribution in [0.1, 0.15) is 4.88 Å². The minimum absolute atomic E-state index is 0.0783. The fourth-order valence-electron chi connectivity index (χ4n) is 2.25. The maximum absolute atomic E-state index is 12.8. The van der Waals surface area contributed by atoms with Gasteiger partial charge < -0.3 is 4.90 Å². The molecule has 25 heavy (non-hydrogen) atoms. The van der Waals surface area contributed by atoms with E-state index in [9.17, 15) is 4.79 Å². The zero-order chi connectivity index (χ0) is 17.8. The number of nitrogens with zero attached hydrogens (tertiary/aromatic N) is 3. The lowest BCUT2D eigenvalue weighted by Gasteiger charge is -2.20. The standard InChI is InChI=1S/C18H18ClN3OS2/c1-21(2)10-11-22(16(23)9-8-13-5-4-12-24-13)18-20-17-14(19)6-3-7-15(17)25-18/h3-9,12H,10-11H2,1-2H3. The van der Waals surface area contributed by atoms with E-state index in [2.05, 4.69) is 4.98 Å². The van der Waals surface area contributed by atoms with Crippen LogP contribution in [0.15, 0.2) is 41.8 Å². The molecule has 1 amide bonds. The minimum atomic E-state index is -0.0783. The molecule has 0 aliphatic carbocycles. The van der Waals surface area contributed by atoms with Crippen molar-refractivity contribution in [2.45, 2.75) is 0 Å². The van der Waals surface area contributed by atoms with Gasteiger partial charge in [0.15, 0.2) is 5.13 Å². The summed E-state index contributed by atoms with van der Waals surface area (Å²) in [5.41, 5.74) is 0.744. The molecule has 2 heterocycles. The Balaban J connectivity index is 1.89. The van der Waals surface area contributed by atoms with Crippen LogP contribution in [0.4, 0.5) is 5.13 Å². The number of hydrogen-bond donors (Lipinski definition) is 0. The monoisotopic (exact) mass is 391 g/mol. The van der Waals surface area contributed by atoms with Crippen LogP contribution in [0.25, 0.3) is 16.3 Å². The van der Waals surface area contributed by atoms with Crippen LogP contribution in [-0.2, 0) is 4.79 Å². The van der Waals surface area contributed by atoms with Crippen LogP contribution in [0.5, 0.6) is 0 Å². The van der Waals surface area contributed by atoms with Crippen LogP contribution in [-0.4, -0.2) is 43.0 Å². The molecule has 0 N–H and O–H groups in total. The van der Waals surface area contributed by atoms with E-state index in [-0.39, 0.29) is 5.91 Å². The summed E-state index contributed by atoms with van der Waals surface area (Å²) in [7, 11) is 3.97. The number of thiophene rings is 1. The molecule has 0 fully saturated rings. The number of carbonyl (C=O) groups excluding carboxylic acids is 1. The SMILES string of the molecule is CN(C)CCN(C(=O)C=Cc1cccs1)c1nc2c(Cl)cccc2s1. The van der Waals surface area contributed by atoms with Crippen LogP contribution in [0.3, 0.4) is 0 Å². The van der Waals surface area contributed by atoms with Crippen molar-refractivity contribution in [3.63, 3.8) is 0 Å². The number of carbonyl (C=O) groups is 1. The number of aromatic nitrogens is 1. The smallest absolute Gasteiger partial charge is 0.252 e. The first kappa shape index (κ1) is 18.1. The van der Waals surface area contributed by atoms with Gasteiger partial charge in [0, 0.05) is 24.0 Å². The molecule has 0 aliphatic heterocycles. The van der Waals surface area contributed by atoms with Crippen molar-refractivity contribution in [2.24, 2.45) is 0 Å². The molecule has 0 saturated heterocycles. The van der Waals surface area contributed by atoms with Crippen LogP contribution in [0, 0.1) is 0 Å². The average Bonchev–Trinajstić information content (AvgIpc) is 3.22. The topological polar surface area (TPSA) is 36.4 Å². The fraction of sp³-hybridized carbons (Fsp3) is 0.222. The number of likely N-dealkylation sites (N-methyl/N-ethyl adjacent to an activating group) is 1. The highest BCUT2D eigenvalue weighted by Gasteiger charge is 2.18. The first-order valence-electron chi connectivity index (χ1n) is 7.77. The van der Waals surface area contributed by atoms with E-state index in [4.69, 9.17) is 11.6 Å². The van der Waals surface area contributed by atoms with Crippen molar-refractivity contribution >= 4 is 61.6 Å². The third-order valence-corrected chi connectivity index (χ3v) is 5.75. The zero-order valence-corrected chi connectivity index (χ0v) is 16.4. The van der Waals surface area contributed by atoms with E-state index in [0.717, 1.165) is 21.6 Å². The lowest BCUT2D eigenvalue weighted by atomic mass is 10.3. The Hall–Kier alpha value is -1.73. The summed E-state index contributed by atoms with van der Waals surface area (Å²) >= 11 is 9.31. The molecule has 0 saturated carbocycles. The van der Waals surface area contributed by atoms with Crippen LogP contribution >= 0.6 is 34.3 Å². The third kappa shape index (κ3) is 4.46. The van der Waals surface area contributed by atoms with Gasteiger partial charge in [0.25, 0.3) is 5.91 Å². The van der Waals surface area contributed by atoms with Crippen LogP contribution in [0.2, 0.25) is 5.02 Å². The highest BCUT2D eigenvalue weighted by atomic mass is 35.5. The van der Waals surface area contributed by atoms with E-state index >= 15 is 0 Å². The number of anilines is 1. The van der Waals surface area contributed by atoms with Gasteiger partial charge in [-0.15, -0.1) is 11.3 Å². The lowest BCUT2D eigenvalue weighted by Crippen LogP contribution is -2.35. The molecule has 3 aromatic rings.